The Morgan fingerprint density at radius 2 is 1.84 bits per heavy atom. The number of likely N-dealkylation sites (tertiary alicyclic amines) is 1. The molecule has 0 aliphatic carbocycles. The number of hydrogen-bond donors (Lipinski definition) is 1. The predicted molar refractivity (Wildman–Crippen MR) is 119 cm³/mol. The summed E-state index contributed by atoms with van der Waals surface area (Å²) in [5.41, 5.74) is 2.79. The van der Waals surface area contributed by atoms with Gasteiger partial charge in [-0.25, -0.2) is 8.78 Å². The van der Waals surface area contributed by atoms with Crippen molar-refractivity contribution in [3.05, 3.63) is 65.5 Å². The molecule has 1 fully saturated rings. The van der Waals surface area contributed by atoms with Crippen LogP contribution in [0.4, 0.5) is 8.78 Å². The number of aromatic amines is 1. The first-order chi connectivity index (χ1) is 15.6. The molecule has 0 radical (unpaired) electrons. The monoisotopic (exact) mass is 437 g/mol. The number of halogens is 2. The van der Waals surface area contributed by atoms with E-state index in [0.29, 0.717) is 28.9 Å². The standard InChI is InChI=1S/C25H25F2N3O2/c26-17-5-7-22-20(13-17)21(15-28-22)23(31)3-1-2-10-30-11-8-16(9-12-30)25-19-6-4-18(27)14-24(19)32-29-25/h4-7,13-16,28H,1-3,8-12H2. The van der Waals surface area contributed by atoms with Gasteiger partial charge in [-0.3, -0.25) is 4.79 Å². The Labute approximate surface area is 184 Å². The number of piperidine rings is 1. The largest absolute Gasteiger partial charge is 0.360 e. The van der Waals surface area contributed by atoms with Gasteiger partial charge in [-0.1, -0.05) is 5.16 Å². The Bertz CT molecular complexity index is 1250. The van der Waals surface area contributed by atoms with Crippen LogP contribution in [0.2, 0.25) is 0 Å². The van der Waals surface area contributed by atoms with Gasteiger partial charge in [0.25, 0.3) is 0 Å². The van der Waals surface area contributed by atoms with E-state index in [1.807, 2.05) is 0 Å². The van der Waals surface area contributed by atoms with Crippen LogP contribution < -0.4 is 0 Å². The number of carbonyl (C=O) groups excluding carboxylic acids is 1. The SMILES string of the molecule is O=C(CCCCN1CCC(c2noc3cc(F)ccc23)CC1)c1c[nH]c2ccc(F)cc12. The van der Waals surface area contributed by atoms with Gasteiger partial charge in [-0.15, -0.1) is 0 Å². The maximum Gasteiger partial charge on any atom is 0.170 e. The van der Waals surface area contributed by atoms with E-state index in [-0.39, 0.29) is 17.4 Å². The van der Waals surface area contributed by atoms with Gasteiger partial charge in [0, 0.05) is 46.5 Å². The number of Topliss-reactive ketones (excluding diaryl/α,β-unsaturated/α-hetero) is 1. The van der Waals surface area contributed by atoms with E-state index in [1.54, 1.807) is 18.3 Å². The van der Waals surface area contributed by atoms with Gasteiger partial charge < -0.3 is 14.4 Å². The van der Waals surface area contributed by atoms with Crippen molar-refractivity contribution in [3.63, 3.8) is 0 Å². The molecule has 1 N–H and O–H groups in total. The van der Waals surface area contributed by atoms with Gasteiger partial charge in [0.05, 0.1) is 5.69 Å². The molecule has 0 atom stereocenters. The quantitative estimate of drug-likeness (QED) is 0.292. The predicted octanol–water partition coefficient (Wildman–Crippen LogP) is 5.82. The number of benzene rings is 2. The molecule has 0 amide bonds. The first kappa shape index (κ1) is 20.8. The number of H-pyrrole nitrogens is 1. The average molecular weight is 437 g/mol. The zero-order valence-corrected chi connectivity index (χ0v) is 17.7. The Hall–Kier alpha value is -3.06. The van der Waals surface area contributed by atoms with Crippen LogP contribution in [0.1, 0.15) is 54.1 Å². The second-order valence-electron chi connectivity index (χ2n) is 8.60. The lowest BCUT2D eigenvalue weighted by Crippen LogP contribution is -2.33. The molecule has 0 bridgehead atoms. The minimum absolute atomic E-state index is 0.0508. The van der Waals surface area contributed by atoms with Gasteiger partial charge in [-0.2, -0.15) is 0 Å². The number of carbonyl (C=O) groups is 1. The summed E-state index contributed by atoms with van der Waals surface area (Å²) in [5, 5.41) is 5.76. The van der Waals surface area contributed by atoms with E-state index in [0.717, 1.165) is 61.9 Å². The Morgan fingerprint density at radius 1 is 1.06 bits per heavy atom. The maximum absolute atomic E-state index is 13.5. The number of nitrogens with zero attached hydrogens (tertiary/aromatic N) is 2. The van der Waals surface area contributed by atoms with E-state index < -0.39 is 0 Å². The molecule has 2 aromatic carbocycles. The lowest BCUT2D eigenvalue weighted by atomic mass is 9.91. The number of aromatic nitrogens is 2. The molecule has 32 heavy (non-hydrogen) atoms. The van der Waals surface area contributed by atoms with E-state index in [2.05, 4.69) is 15.0 Å². The summed E-state index contributed by atoms with van der Waals surface area (Å²) in [4.78, 5) is 18.1. The second kappa shape index (κ2) is 8.82. The molecule has 0 spiro atoms. The van der Waals surface area contributed by atoms with Crippen LogP contribution in [0.25, 0.3) is 21.9 Å². The van der Waals surface area contributed by atoms with Crippen molar-refractivity contribution in [1.82, 2.24) is 15.0 Å². The zero-order chi connectivity index (χ0) is 22.1. The smallest absolute Gasteiger partial charge is 0.170 e. The lowest BCUT2D eigenvalue weighted by Gasteiger charge is -2.31. The number of hydrogen-bond acceptors (Lipinski definition) is 4. The van der Waals surface area contributed by atoms with Crippen LogP contribution in [-0.4, -0.2) is 40.5 Å². The van der Waals surface area contributed by atoms with Crippen LogP contribution in [-0.2, 0) is 0 Å². The van der Waals surface area contributed by atoms with E-state index in [9.17, 15) is 13.6 Å². The third-order valence-electron chi connectivity index (χ3n) is 6.51. The van der Waals surface area contributed by atoms with Crippen molar-refractivity contribution in [2.45, 2.75) is 38.0 Å². The molecule has 5 rings (SSSR count). The van der Waals surface area contributed by atoms with Crippen molar-refractivity contribution >= 4 is 27.7 Å². The van der Waals surface area contributed by atoms with Crippen LogP contribution in [0.3, 0.4) is 0 Å². The van der Waals surface area contributed by atoms with Crippen LogP contribution >= 0.6 is 0 Å². The van der Waals surface area contributed by atoms with E-state index >= 15 is 0 Å². The molecule has 4 aromatic rings. The van der Waals surface area contributed by atoms with Crippen LogP contribution in [0.5, 0.6) is 0 Å². The summed E-state index contributed by atoms with van der Waals surface area (Å²) >= 11 is 0. The first-order valence-corrected chi connectivity index (χ1v) is 11.2. The van der Waals surface area contributed by atoms with Gasteiger partial charge >= 0.3 is 0 Å². The van der Waals surface area contributed by atoms with Gasteiger partial charge in [-0.05, 0) is 75.6 Å². The highest BCUT2D eigenvalue weighted by atomic mass is 19.1. The molecule has 1 aliphatic heterocycles. The Morgan fingerprint density at radius 3 is 2.69 bits per heavy atom. The number of rotatable bonds is 7. The fourth-order valence-electron chi connectivity index (χ4n) is 4.73. The van der Waals surface area contributed by atoms with E-state index in [1.165, 1.54) is 24.3 Å². The molecule has 7 heteroatoms. The van der Waals surface area contributed by atoms with Crippen molar-refractivity contribution in [1.29, 1.82) is 0 Å². The Balaban J connectivity index is 1.09. The summed E-state index contributed by atoms with van der Waals surface area (Å²) < 4.78 is 32.2. The minimum atomic E-state index is -0.333. The third-order valence-corrected chi connectivity index (χ3v) is 6.51. The molecule has 166 valence electrons. The van der Waals surface area contributed by atoms with Crippen LogP contribution in [0, 0.1) is 11.6 Å². The van der Waals surface area contributed by atoms with Gasteiger partial charge in [0.15, 0.2) is 11.4 Å². The minimum Gasteiger partial charge on any atom is -0.360 e. The maximum atomic E-state index is 13.5. The molecule has 5 nitrogen and oxygen atoms in total. The number of nitrogens with one attached hydrogen (secondary N) is 1. The average Bonchev–Trinajstić information content (AvgIpc) is 3.40. The highest BCUT2D eigenvalue weighted by Crippen LogP contribution is 2.33. The Kier molecular flexibility index (Phi) is 5.74. The molecule has 0 unspecified atom stereocenters. The molecule has 0 saturated carbocycles. The summed E-state index contributed by atoms with van der Waals surface area (Å²) in [6.07, 6.45) is 5.86. The van der Waals surface area contributed by atoms with Crippen LogP contribution in [0.15, 0.2) is 47.1 Å². The van der Waals surface area contributed by atoms with Crippen molar-refractivity contribution < 1.29 is 18.1 Å². The molecule has 2 aromatic heterocycles. The molecule has 1 aliphatic rings. The summed E-state index contributed by atoms with van der Waals surface area (Å²) in [5.74, 6) is -0.276. The fraction of sp³-hybridized carbons (Fsp3) is 0.360. The van der Waals surface area contributed by atoms with Crippen molar-refractivity contribution in [2.75, 3.05) is 19.6 Å². The molecular weight excluding hydrogens is 412 g/mol. The van der Waals surface area contributed by atoms with Crippen molar-refractivity contribution in [2.24, 2.45) is 0 Å². The topological polar surface area (TPSA) is 62.1 Å². The lowest BCUT2D eigenvalue weighted by molar-refractivity contribution is 0.0978. The molecule has 3 heterocycles. The number of ketones is 1. The first-order valence-electron chi connectivity index (χ1n) is 11.2. The van der Waals surface area contributed by atoms with Crippen molar-refractivity contribution in [3.8, 4) is 0 Å². The number of unbranched alkanes of at least 4 members (excludes halogenated alkanes) is 1. The normalized spacial score (nSPS) is 15.7. The number of fused-ring (bicyclic) bond motifs is 2. The van der Waals surface area contributed by atoms with E-state index in [4.69, 9.17) is 4.52 Å². The van der Waals surface area contributed by atoms with Gasteiger partial charge in [0.2, 0.25) is 0 Å². The zero-order valence-electron chi connectivity index (χ0n) is 17.7. The highest BCUT2D eigenvalue weighted by molar-refractivity contribution is 6.07. The fourth-order valence-corrected chi connectivity index (χ4v) is 4.73. The summed E-state index contributed by atoms with van der Waals surface area (Å²) in [6, 6.07) is 9.05. The summed E-state index contributed by atoms with van der Waals surface area (Å²) in [7, 11) is 0. The molecule has 1 saturated heterocycles. The van der Waals surface area contributed by atoms with Gasteiger partial charge in [0.1, 0.15) is 11.6 Å². The molecular formula is C25H25F2N3O2. The second-order valence-corrected chi connectivity index (χ2v) is 8.60. The summed E-state index contributed by atoms with van der Waals surface area (Å²) in [6.45, 7) is 2.89. The third kappa shape index (κ3) is 4.17. The highest BCUT2D eigenvalue weighted by Gasteiger charge is 2.25.